The first-order valence-corrected chi connectivity index (χ1v) is 6.85. The molecular weight excluding hydrogens is 248 g/mol. The quantitative estimate of drug-likeness (QED) is 0.813. The summed E-state index contributed by atoms with van der Waals surface area (Å²) in [5.74, 6) is -0.823. The molecule has 2 fully saturated rings. The summed E-state index contributed by atoms with van der Waals surface area (Å²) in [6.45, 7) is 6.33. The number of amides is 2. The lowest BCUT2D eigenvalue weighted by molar-refractivity contribution is -0.147. The first-order chi connectivity index (χ1) is 8.96. The molecule has 2 aliphatic heterocycles. The number of carboxylic acid groups (broad SMARTS) is 1. The van der Waals surface area contributed by atoms with E-state index in [-0.39, 0.29) is 12.1 Å². The fraction of sp³-hybridized carbons (Fsp3) is 0.846. The third-order valence-electron chi connectivity index (χ3n) is 4.12. The lowest BCUT2D eigenvalue weighted by atomic mass is 9.90. The maximum Gasteiger partial charge on any atom is 0.320 e. The number of hydrogen-bond donors (Lipinski definition) is 1. The van der Waals surface area contributed by atoms with Crippen LogP contribution < -0.4 is 0 Å². The zero-order chi connectivity index (χ0) is 14.0. The first-order valence-electron chi connectivity index (χ1n) is 6.85. The SMILES string of the molecule is CCC1CN(C(=O)N2CCC(C)(C(=O)O)C2)CCO1. The van der Waals surface area contributed by atoms with E-state index in [1.807, 2.05) is 6.92 Å². The summed E-state index contributed by atoms with van der Waals surface area (Å²) >= 11 is 0. The highest BCUT2D eigenvalue weighted by atomic mass is 16.5. The second-order valence-corrected chi connectivity index (χ2v) is 5.67. The Morgan fingerprint density at radius 3 is 2.68 bits per heavy atom. The summed E-state index contributed by atoms with van der Waals surface area (Å²) in [6, 6.07) is -0.0493. The number of carbonyl (C=O) groups is 2. The number of carbonyl (C=O) groups excluding carboxylic acids is 1. The van der Waals surface area contributed by atoms with E-state index in [0.29, 0.717) is 39.2 Å². The molecule has 2 amide bonds. The third-order valence-corrected chi connectivity index (χ3v) is 4.12. The van der Waals surface area contributed by atoms with E-state index in [1.54, 1.807) is 16.7 Å². The molecule has 2 heterocycles. The van der Waals surface area contributed by atoms with Crippen LogP contribution in [0.25, 0.3) is 0 Å². The molecule has 0 radical (unpaired) electrons. The maximum atomic E-state index is 12.4. The predicted molar refractivity (Wildman–Crippen MR) is 68.9 cm³/mol. The smallest absolute Gasteiger partial charge is 0.320 e. The van der Waals surface area contributed by atoms with Gasteiger partial charge in [-0.25, -0.2) is 4.79 Å². The molecule has 2 unspecified atom stereocenters. The molecule has 0 aromatic rings. The summed E-state index contributed by atoms with van der Waals surface area (Å²) in [5.41, 5.74) is -0.799. The fourth-order valence-electron chi connectivity index (χ4n) is 2.64. The molecule has 2 aliphatic rings. The average Bonchev–Trinajstić information content (AvgIpc) is 2.82. The highest BCUT2D eigenvalue weighted by Gasteiger charge is 2.43. The van der Waals surface area contributed by atoms with Gasteiger partial charge in [-0.2, -0.15) is 0 Å². The highest BCUT2D eigenvalue weighted by molar-refractivity contribution is 5.79. The lowest BCUT2D eigenvalue weighted by Gasteiger charge is -2.35. The molecule has 0 aromatic carbocycles. The molecule has 0 aromatic heterocycles. The highest BCUT2D eigenvalue weighted by Crippen LogP contribution is 2.30. The van der Waals surface area contributed by atoms with Gasteiger partial charge in [0, 0.05) is 26.2 Å². The summed E-state index contributed by atoms with van der Waals surface area (Å²) < 4.78 is 5.54. The van der Waals surface area contributed by atoms with Gasteiger partial charge in [0.25, 0.3) is 0 Å². The largest absolute Gasteiger partial charge is 0.481 e. The number of rotatable bonds is 2. The van der Waals surface area contributed by atoms with Gasteiger partial charge < -0.3 is 19.6 Å². The van der Waals surface area contributed by atoms with E-state index in [4.69, 9.17) is 4.74 Å². The van der Waals surface area contributed by atoms with Crippen LogP contribution in [0.4, 0.5) is 4.79 Å². The van der Waals surface area contributed by atoms with E-state index in [2.05, 4.69) is 0 Å². The number of hydrogen-bond acceptors (Lipinski definition) is 3. The topological polar surface area (TPSA) is 70.1 Å². The van der Waals surface area contributed by atoms with E-state index in [0.717, 1.165) is 6.42 Å². The molecule has 1 N–H and O–H groups in total. The summed E-state index contributed by atoms with van der Waals surface area (Å²) in [6.07, 6.45) is 1.51. The van der Waals surface area contributed by atoms with Crippen molar-refractivity contribution in [3.8, 4) is 0 Å². The third kappa shape index (κ3) is 2.83. The van der Waals surface area contributed by atoms with Crippen molar-refractivity contribution in [2.45, 2.75) is 32.8 Å². The van der Waals surface area contributed by atoms with Crippen molar-refractivity contribution in [2.75, 3.05) is 32.8 Å². The van der Waals surface area contributed by atoms with Crippen molar-refractivity contribution in [1.29, 1.82) is 0 Å². The number of ether oxygens (including phenoxy) is 1. The Labute approximate surface area is 113 Å². The van der Waals surface area contributed by atoms with Gasteiger partial charge in [0.05, 0.1) is 18.1 Å². The van der Waals surface area contributed by atoms with E-state index < -0.39 is 11.4 Å². The van der Waals surface area contributed by atoms with Gasteiger partial charge >= 0.3 is 12.0 Å². The van der Waals surface area contributed by atoms with Crippen LogP contribution in [0, 0.1) is 5.41 Å². The van der Waals surface area contributed by atoms with Gasteiger partial charge in [0.15, 0.2) is 0 Å². The van der Waals surface area contributed by atoms with Crippen molar-refractivity contribution in [2.24, 2.45) is 5.41 Å². The van der Waals surface area contributed by atoms with Crippen molar-refractivity contribution in [1.82, 2.24) is 9.80 Å². The zero-order valence-corrected chi connectivity index (χ0v) is 11.6. The number of aliphatic carboxylic acids is 1. The van der Waals surface area contributed by atoms with Crippen LogP contribution in [-0.2, 0) is 9.53 Å². The van der Waals surface area contributed by atoms with Crippen molar-refractivity contribution >= 4 is 12.0 Å². The van der Waals surface area contributed by atoms with E-state index >= 15 is 0 Å². The molecule has 2 rings (SSSR count). The standard InChI is InChI=1S/C13H22N2O4/c1-3-10-8-14(6-7-19-10)12(18)15-5-4-13(2,9-15)11(16)17/h10H,3-9H2,1-2H3,(H,16,17). The first kappa shape index (κ1) is 14.1. The van der Waals surface area contributed by atoms with E-state index in [9.17, 15) is 14.7 Å². The number of urea groups is 1. The molecule has 108 valence electrons. The van der Waals surface area contributed by atoms with Gasteiger partial charge in [0.2, 0.25) is 0 Å². The van der Waals surface area contributed by atoms with Crippen LogP contribution in [0.3, 0.4) is 0 Å². The molecule has 2 atom stereocenters. The fourth-order valence-corrected chi connectivity index (χ4v) is 2.64. The summed E-state index contributed by atoms with van der Waals surface area (Å²) in [4.78, 5) is 27.0. The minimum Gasteiger partial charge on any atom is -0.481 e. The van der Waals surface area contributed by atoms with Crippen LogP contribution in [0.15, 0.2) is 0 Å². The van der Waals surface area contributed by atoms with Crippen molar-refractivity contribution in [3.05, 3.63) is 0 Å². The molecule has 19 heavy (non-hydrogen) atoms. The van der Waals surface area contributed by atoms with Crippen molar-refractivity contribution < 1.29 is 19.4 Å². The average molecular weight is 270 g/mol. The van der Waals surface area contributed by atoms with Crippen LogP contribution in [0.5, 0.6) is 0 Å². The van der Waals surface area contributed by atoms with Gasteiger partial charge in [-0.15, -0.1) is 0 Å². The van der Waals surface area contributed by atoms with Crippen LogP contribution in [0.2, 0.25) is 0 Å². The van der Waals surface area contributed by atoms with Gasteiger partial charge in [0.1, 0.15) is 0 Å². The van der Waals surface area contributed by atoms with Crippen molar-refractivity contribution in [3.63, 3.8) is 0 Å². The summed E-state index contributed by atoms with van der Waals surface area (Å²) in [5, 5.41) is 9.19. The maximum absolute atomic E-state index is 12.4. The van der Waals surface area contributed by atoms with Gasteiger partial charge in [-0.1, -0.05) is 6.92 Å². The molecular formula is C13H22N2O4. The monoisotopic (exact) mass is 270 g/mol. The Morgan fingerprint density at radius 1 is 1.37 bits per heavy atom. The molecule has 2 saturated heterocycles. The van der Waals surface area contributed by atoms with Gasteiger partial charge in [-0.05, 0) is 19.8 Å². The van der Waals surface area contributed by atoms with Crippen LogP contribution >= 0.6 is 0 Å². The number of nitrogens with zero attached hydrogens (tertiary/aromatic N) is 2. The van der Waals surface area contributed by atoms with Gasteiger partial charge in [-0.3, -0.25) is 4.79 Å². The minimum atomic E-state index is -0.823. The van der Waals surface area contributed by atoms with Crippen LogP contribution in [-0.4, -0.2) is 65.8 Å². The van der Waals surface area contributed by atoms with E-state index in [1.165, 1.54) is 0 Å². The molecule has 0 bridgehead atoms. The molecule has 6 heteroatoms. The Balaban J connectivity index is 1.96. The number of morpholine rings is 1. The Bertz CT molecular complexity index is 374. The minimum absolute atomic E-state index is 0.0493. The molecule has 6 nitrogen and oxygen atoms in total. The summed E-state index contributed by atoms with van der Waals surface area (Å²) in [7, 11) is 0. The zero-order valence-electron chi connectivity index (χ0n) is 11.6. The predicted octanol–water partition coefficient (Wildman–Crippen LogP) is 1.01. The molecule has 0 saturated carbocycles. The van der Waals surface area contributed by atoms with Crippen LogP contribution in [0.1, 0.15) is 26.7 Å². The molecule has 0 aliphatic carbocycles. The Morgan fingerprint density at radius 2 is 2.11 bits per heavy atom. The second kappa shape index (κ2) is 5.36. The second-order valence-electron chi connectivity index (χ2n) is 5.67. The molecule has 0 spiro atoms. The lowest BCUT2D eigenvalue weighted by Crippen LogP contribution is -2.50. The Kier molecular flexibility index (Phi) is 3.99. The Hall–Kier alpha value is -1.30. The normalized spacial score (nSPS) is 31.6. The number of carboxylic acids is 1. The number of likely N-dealkylation sites (tertiary alicyclic amines) is 1.